The van der Waals surface area contributed by atoms with Crippen LogP contribution in [0.25, 0.3) is 50.3 Å². The van der Waals surface area contributed by atoms with Crippen LogP contribution in [0.15, 0.2) is 134 Å². The van der Waals surface area contributed by atoms with Gasteiger partial charge in [0.05, 0.1) is 42.5 Å². The van der Waals surface area contributed by atoms with Gasteiger partial charge >= 0.3 is 0 Å². The third-order valence-corrected chi connectivity index (χ3v) is 18.8. The number of imidazole rings is 3. The van der Waals surface area contributed by atoms with E-state index in [1.54, 1.807) is 49.0 Å². The third-order valence-electron chi connectivity index (χ3n) is 18.8. The number of fused-ring (bicyclic) bond motifs is 6. The Kier molecular flexibility index (Phi) is 19.3. The number of nitrogens with zero attached hydrogens (tertiary/aromatic N) is 12. The Labute approximate surface area is 587 Å². The zero-order chi connectivity index (χ0) is 71.0. The number of alkyl halides is 1. The maximum Gasteiger partial charge on any atom is 0.256 e. The van der Waals surface area contributed by atoms with E-state index in [9.17, 15) is 26.7 Å². The molecule has 1 fully saturated rings. The summed E-state index contributed by atoms with van der Waals surface area (Å²) in [7, 11) is 7.28. The summed E-state index contributed by atoms with van der Waals surface area (Å²) in [6.45, 7) is 13.4. The summed E-state index contributed by atoms with van der Waals surface area (Å²) >= 11 is 0. The van der Waals surface area contributed by atoms with Crippen LogP contribution in [0.3, 0.4) is 0 Å². The molecule has 1 saturated heterocycles. The Morgan fingerprint density at radius 3 is 1.39 bits per heavy atom. The number of rotatable bonds is 17. The van der Waals surface area contributed by atoms with E-state index in [1.165, 1.54) is 46.4 Å². The first kappa shape index (κ1) is 68.2. The first-order valence-electron chi connectivity index (χ1n) is 34.1. The Hall–Kier alpha value is -11.0. The number of carbonyl (C=O) groups is 1. The molecule has 0 radical (unpaired) electrons. The lowest BCUT2D eigenvalue weighted by molar-refractivity contribution is 0.0823. The van der Waals surface area contributed by atoms with Gasteiger partial charge < -0.3 is 40.0 Å². The molecular weight excluding hydrogens is 1310 g/mol. The van der Waals surface area contributed by atoms with Gasteiger partial charge in [0, 0.05) is 166 Å². The number of amides is 1. The summed E-state index contributed by atoms with van der Waals surface area (Å²) < 4.78 is 94.3. The monoisotopic (exact) mass is 1380 g/mol. The van der Waals surface area contributed by atoms with Crippen molar-refractivity contribution >= 4 is 40.7 Å². The average Bonchev–Trinajstić information content (AvgIpc) is 1.56. The first-order chi connectivity index (χ1) is 49.3. The highest BCUT2D eigenvalue weighted by Gasteiger charge is 2.26. The summed E-state index contributed by atoms with van der Waals surface area (Å²) in [6.07, 6.45) is 13.0. The zero-order valence-corrected chi connectivity index (χ0v) is 58.1. The Balaban J connectivity index is 0.000000130. The molecule has 10 heterocycles. The number of likely N-dealkylation sites (tertiary alicyclic amines) is 1. The van der Waals surface area contributed by atoms with E-state index < -0.39 is 17.9 Å². The largest absolute Gasteiger partial charge is 0.493 e. The van der Waals surface area contributed by atoms with Gasteiger partial charge in [-0.25, -0.2) is 51.9 Å². The molecule has 102 heavy (non-hydrogen) atoms. The average molecular weight is 1380 g/mol. The molecule has 0 saturated carbocycles. The molecule has 3 N–H and O–H groups in total. The molecule has 12 aromatic rings. The molecule has 0 aliphatic carbocycles. The number of hydrogen-bond donors (Lipinski definition) is 3. The number of benzene rings is 6. The second kappa shape index (κ2) is 28.9. The van der Waals surface area contributed by atoms with Gasteiger partial charge in [0.25, 0.3) is 5.91 Å². The standard InChI is InChI=1S/C27H27F2N5O.C26H28FN5O.C25H23F2N5O2/c1-17-14-34-26(32-17)22(19-4-2-18(3-5-19)15-33-10-8-20(28)16-33)12-30-27(34)31-13-23-21-9-11-35-25(21)7-6-24(23)29;1-16-11-18(15-31(3)4)5-6-19(16)22-13-29-26(32-14-17(2)30-25(22)32)28-12-21-20-9-10-33-24(20)8-7-23(21)27;1-14-13-32-23(30-14)18(15-4-5-17(21(27)10-15)24(33)31(2)3)11-28-25(32)29-12-19-16-8-9-34-22(16)7-6-20(19)26/h2-7,12,14,20H,8-11,13,15-16H2,1H3,(H,30,31);5-8,11,13-14H,9-10,12,15H2,1-4H3,(H,28,29);4-7,10-11,13H,8-9,12H2,1-3H3,(H,28,29). The normalized spacial score (nSPS) is 14.4. The van der Waals surface area contributed by atoms with E-state index in [4.69, 9.17) is 29.2 Å². The highest BCUT2D eigenvalue weighted by atomic mass is 19.1. The molecule has 6 aromatic heterocycles. The fraction of sp³-hybridized carbons (Fsp3) is 0.295. The second-order valence-electron chi connectivity index (χ2n) is 26.7. The van der Waals surface area contributed by atoms with E-state index in [0.29, 0.717) is 116 Å². The molecule has 1 atom stereocenters. The minimum Gasteiger partial charge on any atom is -0.493 e. The van der Waals surface area contributed by atoms with Crippen molar-refractivity contribution in [1.29, 1.82) is 0 Å². The number of aromatic nitrogens is 9. The highest BCUT2D eigenvalue weighted by Crippen LogP contribution is 2.37. The molecule has 6 aromatic carbocycles. The van der Waals surface area contributed by atoms with Crippen molar-refractivity contribution in [2.24, 2.45) is 0 Å². The van der Waals surface area contributed by atoms with Crippen molar-refractivity contribution in [3.63, 3.8) is 0 Å². The zero-order valence-electron chi connectivity index (χ0n) is 58.1. The topological polar surface area (TPSA) is 181 Å². The van der Waals surface area contributed by atoms with E-state index in [1.807, 2.05) is 60.6 Å². The van der Waals surface area contributed by atoms with E-state index in [2.05, 4.69) is 104 Å². The summed E-state index contributed by atoms with van der Waals surface area (Å²) in [4.78, 5) is 45.8. The van der Waals surface area contributed by atoms with Crippen molar-refractivity contribution < 1.29 is 41.0 Å². The number of carbonyl (C=O) groups excluding carboxylic acids is 1. The van der Waals surface area contributed by atoms with E-state index in [-0.39, 0.29) is 29.6 Å². The molecule has 1 amide bonds. The highest BCUT2D eigenvalue weighted by molar-refractivity contribution is 5.95. The van der Waals surface area contributed by atoms with Crippen LogP contribution in [0.5, 0.6) is 17.2 Å². The summed E-state index contributed by atoms with van der Waals surface area (Å²) in [6, 6.07) is 28.7. The molecule has 524 valence electrons. The van der Waals surface area contributed by atoms with Gasteiger partial charge in [-0.1, -0.05) is 48.5 Å². The Morgan fingerprint density at radius 1 is 0.520 bits per heavy atom. The van der Waals surface area contributed by atoms with Crippen molar-refractivity contribution in [3.05, 3.63) is 230 Å². The lowest BCUT2D eigenvalue weighted by atomic mass is 10.00. The van der Waals surface area contributed by atoms with Crippen LogP contribution in [0.2, 0.25) is 0 Å². The van der Waals surface area contributed by atoms with E-state index in [0.717, 1.165) is 110 Å². The van der Waals surface area contributed by atoms with Gasteiger partial charge in [-0.05, 0) is 130 Å². The minimum absolute atomic E-state index is 0.00284. The molecule has 4 aliphatic rings. The third kappa shape index (κ3) is 14.1. The molecule has 0 bridgehead atoms. The summed E-state index contributed by atoms with van der Waals surface area (Å²) in [5.41, 5.74) is 18.0. The lowest BCUT2D eigenvalue weighted by Crippen LogP contribution is -2.22. The molecular formula is C78H78F5N15O4. The van der Waals surface area contributed by atoms with Crippen molar-refractivity contribution in [3.8, 4) is 50.6 Å². The van der Waals surface area contributed by atoms with Gasteiger partial charge in [0.15, 0.2) is 0 Å². The predicted octanol–water partition coefficient (Wildman–Crippen LogP) is 13.9. The number of halogens is 5. The van der Waals surface area contributed by atoms with Gasteiger partial charge in [-0.2, -0.15) is 0 Å². The van der Waals surface area contributed by atoms with Crippen molar-refractivity contribution in [1.82, 2.24) is 57.8 Å². The summed E-state index contributed by atoms with van der Waals surface area (Å²) in [5, 5.41) is 9.83. The summed E-state index contributed by atoms with van der Waals surface area (Å²) in [5.74, 6) is 2.17. The number of hydrogen-bond acceptors (Lipinski definition) is 15. The second-order valence-corrected chi connectivity index (χ2v) is 26.7. The fourth-order valence-corrected chi connectivity index (χ4v) is 13.9. The molecule has 19 nitrogen and oxygen atoms in total. The van der Waals surface area contributed by atoms with Crippen LogP contribution in [-0.4, -0.2) is 131 Å². The predicted molar refractivity (Wildman–Crippen MR) is 383 cm³/mol. The van der Waals surface area contributed by atoms with Gasteiger partial charge in [0.1, 0.15) is 63.6 Å². The van der Waals surface area contributed by atoms with Crippen LogP contribution >= 0.6 is 0 Å². The van der Waals surface area contributed by atoms with Crippen LogP contribution in [0, 0.1) is 51.0 Å². The van der Waals surface area contributed by atoms with Gasteiger partial charge in [-0.15, -0.1) is 0 Å². The lowest BCUT2D eigenvalue weighted by Gasteiger charge is -2.15. The van der Waals surface area contributed by atoms with Crippen molar-refractivity contribution in [2.75, 3.05) is 77.1 Å². The number of ether oxygens (including phenoxy) is 3. The number of aryl methyl sites for hydroxylation is 4. The van der Waals surface area contributed by atoms with Gasteiger partial charge in [-0.3, -0.25) is 22.9 Å². The van der Waals surface area contributed by atoms with Crippen LogP contribution in [-0.2, 0) is 52.0 Å². The number of nitrogens with one attached hydrogen (secondary N) is 3. The maximum atomic E-state index is 14.7. The molecule has 0 spiro atoms. The molecule has 1 unspecified atom stereocenters. The quantitative estimate of drug-likeness (QED) is 0.0732. The van der Waals surface area contributed by atoms with Crippen LogP contribution in [0.4, 0.5) is 39.8 Å². The van der Waals surface area contributed by atoms with Crippen molar-refractivity contribution in [2.45, 2.75) is 92.3 Å². The van der Waals surface area contributed by atoms with Crippen LogP contribution < -0.4 is 30.2 Å². The SMILES string of the molecule is Cc1cn2c(NCc3c(F)ccc4c3CCO4)ncc(-c3ccc(C(=O)N(C)C)c(F)c3)c2n1.Cc1cn2c(NCc3c(F)ccc4c3CCO4)ncc(-c3ccc(CN(C)C)cc3C)c2n1.Cc1cn2c(NCc3c(F)ccc4c3CCO4)ncc(-c3ccc(CN4CCC(F)C4)cc3)c2n1. The minimum atomic E-state index is -0.711. The smallest absolute Gasteiger partial charge is 0.256 e. The first-order valence-corrected chi connectivity index (χ1v) is 34.1. The van der Waals surface area contributed by atoms with Crippen LogP contribution in [0.1, 0.15) is 83.9 Å². The fourth-order valence-electron chi connectivity index (χ4n) is 13.9. The molecule has 16 rings (SSSR count). The molecule has 24 heteroatoms. The Bertz CT molecular complexity index is 5170. The van der Waals surface area contributed by atoms with Gasteiger partial charge in [0.2, 0.25) is 17.8 Å². The number of anilines is 3. The van der Waals surface area contributed by atoms with E-state index >= 15 is 0 Å². The molecule has 4 aliphatic heterocycles. The maximum absolute atomic E-state index is 14.7. The Morgan fingerprint density at radius 2 is 0.961 bits per heavy atom.